The maximum atomic E-state index is 3.87. The Bertz CT molecular complexity index is 249. The topological polar surface area (TPSA) is 15.3 Å². The molecule has 2 heteroatoms. The van der Waals surface area contributed by atoms with Gasteiger partial charge in [-0.2, -0.15) is 0 Å². The summed E-state index contributed by atoms with van der Waals surface area (Å²) in [6.07, 6.45) is 9.69. The molecule has 0 aromatic carbocycles. The van der Waals surface area contributed by atoms with E-state index in [0.29, 0.717) is 5.54 Å². The van der Waals surface area contributed by atoms with Gasteiger partial charge < -0.3 is 5.32 Å². The molecule has 1 aliphatic carbocycles. The summed E-state index contributed by atoms with van der Waals surface area (Å²) in [7, 11) is 0. The van der Waals surface area contributed by atoms with Crippen LogP contribution in [0.25, 0.3) is 0 Å². The molecule has 1 saturated heterocycles. The highest BCUT2D eigenvalue weighted by atomic mass is 15.3. The fourth-order valence-electron chi connectivity index (χ4n) is 3.53. The van der Waals surface area contributed by atoms with Crippen molar-refractivity contribution in [3.05, 3.63) is 0 Å². The molecule has 0 spiro atoms. The monoisotopic (exact) mass is 252 g/mol. The first kappa shape index (κ1) is 14.3. The van der Waals surface area contributed by atoms with E-state index in [4.69, 9.17) is 0 Å². The van der Waals surface area contributed by atoms with Crippen LogP contribution in [0.4, 0.5) is 0 Å². The summed E-state index contributed by atoms with van der Waals surface area (Å²) in [6, 6.07) is 0.790. The van der Waals surface area contributed by atoms with Crippen molar-refractivity contribution in [1.29, 1.82) is 0 Å². The van der Waals surface area contributed by atoms with Gasteiger partial charge in [-0.25, -0.2) is 0 Å². The van der Waals surface area contributed by atoms with E-state index in [1.165, 1.54) is 64.6 Å². The van der Waals surface area contributed by atoms with Crippen LogP contribution < -0.4 is 5.32 Å². The number of unbranched alkanes of at least 4 members (excludes halogenated alkanes) is 2. The lowest BCUT2D eigenvalue weighted by atomic mass is 9.89. The molecule has 0 radical (unpaired) electrons. The lowest BCUT2D eigenvalue weighted by Gasteiger charge is -2.47. The molecule has 2 rings (SSSR count). The number of piperazine rings is 1. The summed E-state index contributed by atoms with van der Waals surface area (Å²) in [5.41, 5.74) is 0.413. The Labute approximate surface area is 114 Å². The average molecular weight is 252 g/mol. The fraction of sp³-hybridized carbons (Fsp3) is 1.00. The van der Waals surface area contributed by atoms with Gasteiger partial charge in [0.05, 0.1) is 0 Å². The smallest absolute Gasteiger partial charge is 0.0309 e. The van der Waals surface area contributed by atoms with Crippen LogP contribution in [-0.2, 0) is 0 Å². The van der Waals surface area contributed by atoms with Crippen molar-refractivity contribution in [2.24, 2.45) is 5.92 Å². The van der Waals surface area contributed by atoms with Crippen LogP contribution in [0.1, 0.15) is 65.7 Å². The maximum absolute atomic E-state index is 3.87. The first-order valence-corrected chi connectivity index (χ1v) is 8.18. The normalized spacial score (nSPS) is 33.8. The zero-order valence-electron chi connectivity index (χ0n) is 12.7. The van der Waals surface area contributed by atoms with Gasteiger partial charge in [0.1, 0.15) is 0 Å². The molecule has 0 aromatic rings. The van der Waals surface area contributed by atoms with Gasteiger partial charge in [-0.15, -0.1) is 0 Å². The van der Waals surface area contributed by atoms with Crippen LogP contribution in [0.2, 0.25) is 0 Å². The van der Waals surface area contributed by atoms with Crippen LogP contribution in [0.15, 0.2) is 0 Å². The zero-order valence-corrected chi connectivity index (χ0v) is 12.7. The summed E-state index contributed by atoms with van der Waals surface area (Å²) in [6.45, 7) is 10.9. The average Bonchev–Trinajstić information content (AvgIpc) is 3.18. The van der Waals surface area contributed by atoms with Gasteiger partial charge in [-0.1, -0.05) is 33.1 Å². The number of nitrogens with zero attached hydrogens (tertiary/aromatic N) is 1. The minimum absolute atomic E-state index is 0.413. The molecule has 18 heavy (non-hydrogen) atoms. The minimum atomic E-state index is 0.413. The predicted octanol–water partition coefficient (Wildman–Crippen LogP) is 3.42. The van der Waals surface area contributed by atoms with E-state index in [2.05, 4.69) is 31.0 Å². The van der Waals surface area contributed by atoms with Crippen molar-refractivity contribution < 1.29 is 0 Å². The van der Waals surface area contributed by atoms with Crippen molar-refractivity contribution >= 4 is 0 Å². The van der Waals surface area contributed by atoms with Crippen LogP contribution in [0.5, 0.6) is 0 Å². The van der Waals surface area contributed by atoms with E-state index in [-0.39, 0.29) is 0 Å². The third-order valence-corrected chi connectivity index (χ3v) is 4.94. The third-order valence-electron chi connectivity index (χ3n) is 4.94. The Hall–Kier alpha value is -0.0800. The predicted molar refractivity (Wildman–Crippen MR) is 78.9 cm³/mol. The molecule has 2 atom stereocenters. The molecule has 0 aromatic heterocycles. The number of rotatable bonds is 7. The van der Waals surface area contributed by atoms with Crippen LogP contribution >= 0.6 is 0 Å². The molecule has 2 aliphatic rings. The molecular weight excluding hydrogens is 220 g/mol. The quantitative estimate of drug-likeness (QED) is 0.698. The van der Waals surface area contributed by atoms with Gasteiger partial charge in [0.2, 0.25) is 0 Å². The highest BCUT2D eigenvalue weighted by molar-refractivity contribution is 5.03. The van der Waals surface area contributed by atoms with E-state index < -0.39 is 0 Å². The lowest BCUT2D eigenvalue weighted by Crippen LogP contribution is -2.64. The molecule has 2 unspecified atom stereocenters. The molecule has 1 saturated carbocycles. The molecule has 0 bridgehead atoms. The van der Waals surface area contributed by atoms with Crippen molar-refractivity contribution in [1.82, 2.24) is 10.2 Å². The highest BCUT2D eigenvalue weighted by Crippen LogP contribution is 2.41. The van der Waals surface area contributed by atoms with Crippen LogP contribution in [0, 0.1) is 5.92 Å². The lowest BCUT2D eigenvalue weighted by molar-refractivity contribution is 0.0687. The first-order chi connectivity index (χ1) is 8.69. The largest absolute Gasteiger partial charge is 0.308 e. The Balaban J connectivity index is 1.89. The molecular formula is C16H32N2. The molecule has 106 valence electrons. The molecule has 1 aliphatic heterocycles. The maximum Gasteiger partial charge on any atom is 0.0309 e. The number of hydrogen-bond acceptors (Lipinski definition) is 2. The van der Waals surface area contributed by atoms with Gasteiger partial charge in [0, 0.05) is 24.7 Å². The molecule has 1 N–H and O–H groups in total. The second-order valence-electron chi connectivity index (χ2n) is 6.69. The zero-order chi connectivity index (χ0) is 13.0. The van der Waals surface area contributed by atoms with E-state index in [1.54, 1.807) is 0 Å². The first-order valence-electron chi connectivity index (χ1n) is 8.18. The summed E-state index contributed by atoms with van der Waals surface area (Å²) in [5.74, 6) is 0.953. The summed E-state index contributed by atoms with van der Waals surface area (Å²) >= 11 is 0. The Morgan fingerprint density at radius 1 is 1.17 bits per heavy atom. The third kappa shape index (κ3) is 3.48. The second-order valence-corrected chi connectivity index (χ2v) is 6.69. The number of nitrogens with one attached hydrogen (secondary N) is 1. The van der Waals surface area contributed by atoms with E-state index in [1.807, 2.05) is 0 Å². The number of hydrogen-bond donors (Lipinski definition) is 1. The Morgan fingerprint density at radius 3 is 2.56 bits per heavy atom. The van der Waals surface area contributed by atoms with E-state index in [9.17, 15) is 0 Å². The molecule has 1 heterocycles. The van der Waals surface area contributed by atoms with Crippen molar-refractivity contribution in [2.75, 3.05) is 19.6 Å². The van der Waals surface area contributed by atoms with E-state index >= 15 is 0 Å². The van der Waals surface area contributed by atoms with Gasteiger partial charge in [0.25, 0.3) is 0 Å². The fourth-order valence-corrected chi connectivity index (χ4v) is 3.53. The van der Waals surface area contributed by atoms with Crippen molar-refractivity contribution in [2.45, 2.75) is 77.3 Å². The van der Waals surface area contributed by atoms with Gasteiger partial charge in [-0.3, -0.25) is 4.90 Å². The van der Waals surface area contributed by atoms with Gasteiger partial charge in [-0.05, 0) is 45.1 Å². The Morgan fingerprint density at radius 2 is 1.94 bits per heavy atom. The van der Waals surface area contributed by atoms with E-state index in [0.717, 1.165) is 12.0 Å². The van der Waals surface area contributed by atoms with Crippen molar-refractivity contribution in [3.8, 4) is 0 Å². The molecule has 2 fully saturated rings. The van der Waals surface area contributed by atoms with Gasteiger partial charge in [0.15, 0.2) is 0 Å². The summed E-state index contributed by atoms with van der Waals surface area (Å²) in [4.78, 5) is 2.80. The van der Waals surface area contributed by atoms with Crippen molar-refractivity contribution in [3.63, 3.8) is 0 Å². The molecule has 0 amide bonds. The van der Waals surface area contributed by atoms with Crippen LogP contribution in [-0.4, -0.2) is 36.1 Å². The SMILES string of the molecule is CCCCCN1CC(C)(C2CC2)NCC1CCC. The molecule has 2 nitrogen and oxygen atoms in total. The minimum Gasteiger partial charge on any atom is -0.308 e. The second kappa shape index (κ2) is 6.38. The summed E-state index contributed by atoms with van der Waals surface area (Å²) < 4.78 is 0. The van der Waals surface area contributed by atoms with Gasteiger partial charge >= 0.3 is 0 Å². The summed E-state index contributed by atoms with van der Waals surface area (Å²) in [5, 5.41) is 3.87. The standard InChI is InChI=1S/C16H32N2/c1-4-6-7-11-18-13-16(3,14-9-10-14)17-12-15(18)8-5-2/h14-15,17H,4-13H2,1-3H3. The van der Waals surface area contributed by atoms with Crippen LogP contribution in [0.3, 0.4) is 0 Å². The highest BCUT2D eigenvalue weighted by Gasteiger charge is 2.45. The Kier molecular flexibility index (Phi) is 5.08.